The van der Waals surface area contributed by atoms with Gasteiger partial charge in [-0.25, -0.2) is 0 Å². The average molecular weight is 342 g/mol. The standard InChI is InChI=1S/C17H18N4O4/c1-20(2)15-5-3-4-13(11-15)17(23)19-18-16(22)10-12-6-8-14(9-7-12)21(24)25/h3-9,11H,10H2,1-2H3,(H,18,22)(H,19,23). The maximum atomic E-state index is 12.1. The molecule has 25 heavy (non-hydrogen) atoms. The maximum Gasteiger partial charge on any atom is 0.269 e. The van der Waals surface area contributed by atoms with Gasteiger partial charge in [-0.3, -0.25) is 30.6 Å². The lowest BCUT2D eigenvalue weighted by molar-refractivity contribution is -0.384. The molecule has 2 rings (SSSR count). The third-order valence-corrected chi connectivity index (χ3v) is 3.45. The molecule has 0 unspecified atom stereocenters. The molecule has 8 heteroatoms. The number of nitro groups is 1. The monoisotopic (exact) mass is 342 g/mol. The molecule has 0 aliphatic carbocycles. The van der Waals surface area contributed by atoms with Crippen molar-refractivity contribution < 1.29 is 14.5 Å². The summed E-state index contributed by atoms with van der Waals surface area (Å²) in [7, 11) is 3.73. The van der Waals surface area contributed by atoms with Gasteiger partial charge in [-0.1, -0.05) is 18.2 Å². The van der Waals surface area contributed by atoms with Crippen LogP contribution in [0.1, 0.15) is 15.9 Å². The molecular formula is C17H18N4O4. The van der Waals surface area contributed by atoms with Gasteiger partial charge in [-0.2, -0.15) is 0 Å². The van der Waals surface area contributed by atoms with Crippen LogP contribution in [0.25, 0.3) is 0 Å². The Balaban J connectivity index is 1.90. The Labute approximate surface area is 144 Å². The van der Waals surface area contributed by atoms with Crippen LogP contribution in [0, 0.1) is 10.1 Å². The van der Waals surface area contributed by atoms with Gasteiger partial charge in [0.1, 0.15) is 0 Å². The van der Waals surface area contributed by atoms with Crippen LogP contribution in [0.2, 0.25) is 0 Å². The maximum absolute atomic E-state index is 12.1. The van der Waals surface area contributed by atoms with Gasteiger partial charge in [0.05, 0.1) is 11.3 Å². The quantitative estimate of drug-likeness (QED) is 0.635. The van der Waals surface area contributed by atoms with Gasteiger partial charge in [0.25, 0.3) is 11.6 Å². The molecule has 0 fully saturated rings. The SMILES string of the molecule is CN(C)c1cccc(C(=O)NNC(=O)Cc2ccc([N+](=O)[O-])cc2)c1. The zero-order valence-corrected chi connectivity index (χ0v) is 13.9. The molecule has 0 aliphatic heterocycles. The van der Waals surface area contributed by atoms with E-state index in [9.17, 15) is 19.7 Å². The fourth-order valence-corrected chi connectivity index (χ4v) is 2.09. The van der Waals surface area contributed by atoms with E-state index in [-0.39, 0.29) is 12.1 Å². The number of hydrogen-bond acceptors (Lipinski definition) is 5. The lowest BCUT2D eigenvalue weighted by Crippen LogP contribution is -2.42. The predicted molar refractivity (Wildman–Crippen MR) is 93.2 cm³/mol. The van der Waals surface area contributed by atoms with Gasteiger partial charge >= 0.3 is 0 Å². The van der Waals surface area contributed by atoms with Crippen molar-refractivity contribution in [1.82, 2.24) is 10.9 Å². The van der Waals surface area contributed by atoms with Gasteiger partial charge in [0.15, 0.2) is 0 Å². The largest absolute Gasteiger partial charge is 0.378 e. The molecule has 0 heterocycles. The normalized spacial score (nSPS) is 10.0. The van der Waals surface area contributed by atoms with Crippen LogP contribution in [-0.4, -0.2) is 30.8 Å². The second kappa shape index (κ2) is 7.91. The summed E-state index contributed by atoms with van der Waals surface area (Å²) in [6.45, 7) is 0. The molecule has 2 N–H and O–H groups in total. The molecule has 8 nitrogen and oxygen atoms in total. The number of carbonyl (C=O) groups is 2. The molecule has 2 aromatic rings. The van der Waals surface area contributed by atoms with E-state index in [4.69, 9.17) is 0 Å². The first-order chi connectivity index (χ1) is 11.9. The second-order valence-corrected chi connectivity index (χ2v) is 5.55. The molecule has 0 bridgehead atoms. The van der Waals surface area contributed by atoms with Crippen LogP contribution in [-0.2, 0) is 11.2 Å². The number of amides is 2. The third kappa shape index (κ3) is 5.03. The number of nitrogens with zero attached hydrogens (tertiary/aromatic N) is 2. The minimum atomic E-state index is -0.508. The summed E-state index contributed by atoms with van der Waals surface area (Å²) in [5.74, 6) is -0.855. The van der Waals surface area contributed by atoms with E-state index in [0.717, 1.165) is 5.69 Å². The Morgan fingerprint density at radius 1 is 1.08 bits per heavy atom. The Kier molecular flexibility index (Phi) is 5.67. The number of hydrazine groups is 1. The minimum Gasteiger partial charge on any atom is -0.378 e. The Morgan fingerprint density at radius 2 is 1.76 bits per heavy atom. The topological polar surface area (TPSA) is 105 Å². The number of anilines is 1. The van der Waals surface area contributed by atoms with Crippen molar-refractivity contribution in [3.05, 3.63) is 69.8 Å². The summed E-state index contributed by atoms with van der Waals surface area (Å²) in [5.41, 5.74) is 6.52. The zero-order valence-electron chi connectivity index (χ0n) is 13.9. The smallest absolute Gasteiger partial charge is 0.269 e. The number of benzene rings is 2. The van der Waals surface area contributed by atoms with E-state index >= 15 is 0 Å². The molecule has 0 saturated heterocycles. The number of nitrogens with one attached hydrogen (secondary N) is 2. The van der Waals surface area contributed by atoms with Gasteiger partial charge in [-0.15, -0.1) is 0 Å². The zero-order chi connectivity index (χ0) is 18.4. The Hall–Kier alpha value is -3.42. The molecule has 0 aliphatic rings. The van der Waals surface area contributed by atoms with Crippen LogP contribution < -0.4 is 15.8 Å². The van der Waals surface area contributed by atoms with Crippen molar-refractivity contribution in [2.24, 2.45) is 0 Å². The summed E-state index contributed by atoms with van der Waals surface area (Å²) in [6.07, 6.45) is -0.00396. The van der Waals surface area contributed by atoms with Gasteiger partial charge in [-0.05, 0) is 23.8 Å². The van der Waals surface area contributed by atoms with E-state index in [1.165, 1.54) is 24.3 Å². The van der Waals surface area contributed by atoms with Crippen LogP contribution in [0.3, 0.4) is 0 Å². The molecule has 0 spiro atoms. The highest BCUT2D eigenvalue weighted by atomic mass is 16.6. The first kappa shape index (κ1) is 17.9. The van der Waals surface area contributed by atoms with Gasteiger partial charge < -0.3 is 4.90 Å². The summed E-state index contributed by atoms with van der Waals surface area (Å²) in [5, 5.41) is 10.6. The van der Waals surface area contributed by atoms with E-state index in [1.807, 2.05) is 25.1 Å². The molecule has 0 radical (unpaired) electrons. The van der Waals surface area contributed by atoms with Crippen LogP contribution in [0.15, 0.2) is 48.5 Å². The summed E-state index contributed by atoms with van der Waals surface area (Å²) in [6, 6.07) is 12.6. The highest BCUT2D eigenvalue weighted by Gasteiger charge is 2.10. The first-order valence-corrected chi connectivity index (χ1v) is 7.46. The van der Waals surface area contributed by atoms with Crippen LogP contribution >= 0.6 is 0 Å². The number of non-ortho nitro benzene ring substituents is 1. The highest BCUT2D eigenvalue weighted by molar-refractivity contribution is 5.96. The summed E-state index contributed by atoms with van der Waals surface area (Å²) in [4.78, 5) is 35.9. The molecule has 0 atom stereocenters. The Morgan fingerprint density at radius 3 is 2.36 bits per heavy atom. The fourth-order valence-electron chi connectivity index (χ4n) is 2.09. The van der Waals surface area contributed by atoms with Crippen LogP contribution in [0.4, 0.5) is 11.4 Å². The molecule has 0 aromatic heterocycles. The second-order valence-electron chi connectivity index (χ2n) is 5.55. The summed E-state index contributed by atoms with van der Waals surface area (Å²) >= 11 is 0. The average Bonchev–Trinajstić information content (AvgIpc) is 2.60. The molecule has 2 amide bonds. The number of nitro benzene ring substituents is 1. The Bertz CT molecular complexity index is 787. The van der Waals surface area contributed by atoms with Crippen molar-refractivity contribution in [2.75, 3.05) is 19.0 Å². The number of rotatable bonds is 5. The van der Waals surface area contributed by atoms with Crippen molar-refractivity contribution >= 4 is 23.2 Å². The van der Waals surface area contributed by atoms with Crippen molar-refractivity contribution in [3.63, 3.8) is 0 Å². The molecular weight excluding hydrogens is 324 g/mol. The van der Waals surface area contributed by atoms with Gasteiger partial charge in [0.2, 0.25) is 5.91 Å². The minimum absolute atomic E-state index is 0.00396. The van der Waals surface area contributed by atoms with E-state index in [2.05, 4.69) is 10.9 Å². The highest BCUT2D eigenvalue weighted by Crippen LogP contribution is 2.13. The van der Waals surface area contributed by atoms with E-state index in [1.54, 1.807) is 18.2 Å². The lowest BCUT2D eigenvalue weighted by Gasteiger charge is -2.13. The van der Waals surface area contributed by atoms with E-state index < -0.39 is 16.7 Å². The lowest BCUT2D eigenvalue weighted by atomic mass is 10.1. The third-order valence-electron chi connectivity index (χ3n) is 3.45. The van der Waals surface area contributed by atoms with Crippen LogP contribution in [0.5, 0.6) is 0 Å². The summed E-state index contributed by atoms with van der Waals surface area (Å²) < 4.78 is 0. The van der Waals surface area contributed by atoms with Gasteiger partial charge in [0, 0.05) is 37.5 Å². The molecule has 130 valence electrons. The van der Waals surface area contributed by atoms with Crippen molar-refractivity contribution in [3.8, 4) is 0 Å². The first-order valence-electron chi connectivity index (χ1n) is 7.46. The fraction of sp³-hybridized carbons (Fsp3) is 0.176. The van der Waals surface area contributed by atoms with Crippen molar-refractivity contribution in [2.45, 2.75) is 6.42 Å². The predicted octanol–water partition coefficient (Wildman–Crippen LogP) is 1.66. The number of carbonyl (C=O) groups excluding carboxylic acids is 2. The van der Waals surface area contributed by atoms with Crippen molar-refractivity contribution in [1.29, 1.82) is 0 Å². The molecule has 0 saturated carbocycles. The molecule has 2 aromatic carbocycles. The number of hydrogen-bond donors (Lipinski definition) is 2. The van der Waals surface area contributed by atoms with E-state index in [0.29, 0.717) is 11.1 Å².